The van der Waals surface area contributed by atoms with Gasteiger partial charge in [0.1, 0.15) is 5.75 Å². The lowest BCUT2D eigenvalue weighted by molar-refractivity contribution is -0.134. The zero-order valence-electron chi connectivity index (χ0n) is 15.8. The Balaban J connectivity index is 1.65. The molecule has 1 aliphatic rings. The van der Waals surface area contributed by atoms with Crippen LogP contribution in [0.15, 0.2) is 42.6 Å². The fourth-order valence-corrected chi connectivity index (χ4v) is 3.93. The summed E-state index contributed by atoms with van der Waals surface area (Å²) >= 11 is 0. The van der Waals surface area contributed by atoms with Gasteiger partial charge in [-0.25, -0.2) is 9.50 Å². The van der Waals surface area contributed by atoms with Crippen molar-refractivity contribution in [3.8, 4) is 5.75 Å². The summed E-state index contributed by atoms with van der Waals surface area (Å²) in [6.45, 7) is 2.73. The standard InChI is InChI=1S/C21H24N4O2/c1-15-13-20-22-11-10-18(25(20)23-15)17-8-5-6-12-24(17)21(26)14-16-7-3-4-9-19(16)27-2/h3-4,7,9-11,13,17H,5-6,8,12,14H2,1-2H3/t17-/m0/s1. The number of fused-ring (bicyclic) bond motifs is 1. The van der Waals surface area contributed by atoms with Gasteiger partial charge < -0.3 is 9.64 Å². The molecule has 0 spiro atoms. The molecule has 1 saturated heterocycles. The predicted octanol–water partition coefficient (Wildman–Crippen LogP) is 3.34. The minimum atomic E-state index is 0.0192. The smallest absolute Gasteiger partial charge is 0.227 e. The molecule has 3 heterocycles. The lowest BCUT2D eigenvalue weighted by Gasteiger charge is -2.36. The SMILES string of the molecule is COc1ccccc1CC(=O)N1CCCC[C@H]1c1ccnc2cc(C)nn12. The summed E-state index contributed by atoms with van der Waals surface area (Å²) in [5, 5.41) is 4.59. The number of ether oxygens (including phenoxy) is 1. The molecule has 4 rings (SSSR count). The molecular weight excluding hydrogens is 340 g/mol. The summed E-state index contributed by atoms with van der Waals surface area (Å²) in [7, 11) is 1.64. The summed E-state index contributed by atoms with van der Waals surface area (Å²) in [5.41, 5.74) is 3.70. The molecule has 0 bridgehead atoms. The van der Waals surface area contributed by atoms with E-state index in [0.29, 0.717) is 6.42 Å². The number of amides is 1. The van der Waals surface area contributed by atoms with Gasteiger partial charge in [0.05, 0.1) is 31.0 Å². The van der Waals surface area contributed by atoms with Crippen LogP contribution in [0.3, 0.4) is 0 Å². The number of benzene rings is 1. The molecular formula is C21H24N4O2. The molecule has 1 atom stereocenters. The Labute approximate surface area is 158 Å². The summed E-state index contributed by atoms with van der Waals surface area (Å²) in [6, 6.07) is 11.7. The molecule has 0 radical (unpaired) electrons. The molecule has 1 fully saturated rings. The zero-order valence-corrected chi connectivity index (χ0v) is 15.8. The molecule has 6 nitrogen and oxygen atoms in total. The van der Waals surface area contributed by atoms with Gasteiger partial charge in [-0.15, -0.1) is 0 Å². The van der Waals surface area contributed by atoms with Crippen molar-refractivity contribution in [3.63, 3.8) is 0 Å². The largest absolute Gasteiger partial charge is 0.496 e. The van der Waals surface area contributed by atoms with Crippen LogP contribution in [0.4, 0.5) is 0 Å². The van der Waals surface area contributed by atoms with Crippen molar-refractivity contribution in [2.45, 2.75) is 38.6 Å². The number of carbonyl (C=O) groups excluding carboxylic acids is 1. The number of piperidine rings is 1. The Morgan fingerprint density at radius 3 is 2.96 bits per heavy atom. The Hall–Kier alpha value is -2.89. The highest BCUT2D eigenvalue weighted by molar-refractivity contribution is 5.80. The molecule has 27 heavy (non-hydrogen) atoms. The minimum absolute atomic E-state index is 0.0192. The number of hydrogen-bond acceptors (Lipinski definition) is 4. The van der Waals surface area contributed by atoms with Gasteiger partial charge in [-0.05, 0) is 38.3 Å². The van der Waals surface area contributed by atoms with Crippen LogP contribution in [0.5, 0.6) is 5.75 Å². The van der Waals surface area contributed by atoms with Crippen molar-refractivity contribution in [1.82, 2.24) is 19.5 Å². The highest BCUT2D eigenvalue weighted by Gasteiger charge is 2.30. The van der Waals surface area contributed by atoms with Gasteiger partial charge in [-0.3, -0.25) is 4.79 Å². The first-order valence-electron chi connectivity index (χ1n) is 9.40. The third-order valence-electron chi connectivity index (χ3n) is 5.21. The van der Waals surface area contributed by atoms with E-state index in [1.54, 1.807) is 7.11 Å². The molecule has 2 aromatic heterocycles. The number of para-hydroxylation sites is 1. The topological polar surface area (TPSA) is 59.7 Å². The number of hydrogen-bond donors (Lipinski definition) is 0. The average Bonchev–Trinajstić information content (AvgIpc) is 3.08. The molecule has 6 heteroatoms. The van der Waals surface area contributed by atoms with Crippen molar-refractivity contribution in [3.05, 3.63) is 59.5 Å². The van der Waals surface area contributed by atoms with Crippen molar-refractivity contribution in [2.24, 2.45) is 0 Å². The zero-order chi connectivity index (χ0) is 18.8. The van der Waals surface area contributed by atoms with Gasteiger partial charge in [0, 0.05) is 24.4 Å². The predicted molar refractivity (Wildman–Crippen MR) is 103 cm³/mol. The van der Waals surface area contributed by atoms with E-state index in [0.717, 1.165) is 54.2 Å². The number of likely N-dealkylation sites (tertiary alicyclic amines) is 1. The van der Waals surface area contributed by atoms with Gasteiger partial charge in [0.25, 0.3) is 0 Å². The second kappa shape index (κ2) is 7.39. The van der Waals surface area contributed by atoms with E-state index >= 15 is 0 Å². The number of aryl methyl sites for hydroxylation is 1. The molecule has 1 aliphatic heterocycles. The van der Waals surface area contributed by atoms with Crippen molar-refractivity contribution in [2.75, 3.05) is 13.7 Å². The van der Waals surface area contributed by atoms with Gasteiger partial charge >= 0.3 is 0 Å². The maximum atomic E-state index is 13.2. The number of carbonyl (C=O) groups is 1. The van der Waals surface area contributed by atoms with Crippen LogP contribution in [0, 0.1) is 6.92 Å². The number of aromatic nitrogens is 3. The molecule has 1 amide bonds. The van der Waals surface area contributed by atoms with E-state index < -0.39 is 0 Å². The van der Waals surface area contributed by atoms with Gasteiger partial charge in [0.2, 0.25) is 5.91 Å². The molecule has 140 valence electrons. The van der Waals surface area contributed by atoms with Crippen LogP contribution in [0.25, 0.3) is 5.65 Å². The normalized spacial score (nSPS) is 17.3. The monoisotopic (exact) mass is 364 g/mol. The fourth-order valence-electron chi connectivity index (χ4n) is 3.93. The van der Waals surface area contributed by atoms with E-state index in [4.69, 9.17) is 4.74 Å². The Morgan fingerprint density at radius 1 is 1.26 bits per heavy atom. The number of rotatable bonds is 4. The maximum absolute atomic E-state index is 13.2. The lowest BCUT2D eigenvalue weighted by atomic mass is 9.97. The molecule has 0 N–H and O–H groups in total. The average molecular weight is 364 g/mol. The Kier molecular flexibility index (Phi) is 4.79. The van der Waals surface area contributed by atoms with Gasteiger partial charge in [-0.2, -0.15) is 5.10 Å². The second-order valence-electron chi connectivity index (χ2n) is 7.01. The quantitative estimate of drug-likeness (QED) is 0.712. The van der Waals surface area contributed by atoms with Crippen molar-refractivity contribution >= 4 is 11.6 Å². The number of methoxy groups -OCH3 is 1. The van der Waals surface area contributed by atoms with Gasteiger partial charge in [-0.1, -0.05) is 18.2 Å². The first-order chi connectivity index (χ1) is 13.2. The third kappa shape index (κ3) is 3.39. The molecule has 3 aromatic rings. The second-order valence-corrected chi connectivity index (χ2v) is 7.01. The first kappa shape index (κ1) is 17.5. The summed E-state index contributed by atoms with van der Waals surface area (Å²) < 4.78 is 7.30. The number of nitrogens with zero attached hydrogens (tertiary/aromatic N) is 4. The minimum Gasteiger partial charge on any atom is -0.496 e. The van der Waals surface area contributed by atoms with E-state index in [1.807, 2.05) is 58.9 Å². The lowest BCUT2D eigenvalue weighted by Crippen LogP contribution is -2.40. The van der Waals surface area contributed by atoms with E-state index in [1.165, 1.54) is 0 Å². The maximum Gasteiger partial charge on any atom is 0.227 e. The molecule has 0 aliphatic carbocycles. The van der Waals surface area contributed by atoms with E-state index in [2.05, 4.69) is 10.1 Å². The van der Waals surface area contributed by atoms with Crippen LogP contribution >= 0.6 is 0 Å². The van der Waals surface area contributed by atoms with E-state index in [-0.39, 0.29) is 11.9 Å². The molecule has 1 aromatic carbocycles. The van der Waals surface area contributed by atoms with Crippen molar-refractivity contribution < 1.29 is 9.53 Å². The van der Waals surface area contributed by atoms with E-state index in [9.17, 15) is 4.79 Å². The summed E-state index contributed by atoms with van der Waals surface area (Å²) in [5.74, 6) is 0.881. The summed E-state index contributed by atoms with van der Waals surface area (Å²) in [6.07, 6.45) is 5.22. The Morgan fingerprint density at radius 2 is 2.11 bits per heavy atom. The highest BCUT2D eigenvalue weighted by atomic mass is 16.5. The van der Waals surface area contributed by atoms with Crippen LogP contribution in [0.2, 0.25) is 0 Å². The van der Waals surface area contributed by atoms with Crippen LogP contribution in [0.1, 0.15) is 42.3 Å². The van der Waals surface area contributed by atoms with Crippen LogP contribution in [-0.2, 0) is 11.2 Å². The first-order valence-corrected chi connectivity index (χ1v) is 9.40. The van der Waals surface area contributed by atoms with Crippen LogP contribution < -0.4 is 4.74 Å². The van der Waals surface area contributed by atoms with Crippen molar-refractivity contribution in [1.29, 1.82) is 0 Å². The van der Waals surface area contributed by atoms with Gasteiger partial charge in [0.15, 0.2) is 5.65 Å². The Bertz CT molecular complexity index is 966. The fraction of sp³-hybridized carbons (Fsp3) is 0.381. The summed E-state index contributed by atoms with van der Waals surface area (Å²) in [4.78, 5) is 19.6. The third-order valence-corrected chi connectivity index (χ3v) is 5.21. The highest BCUT2D eigenvalue weighted by Crippen LogP contribution is 2.32. The molecule has 0 unspecified atom stereocenters. The van der Waals surface area contributed by atoms with Crippen LogP contribution in [-0.4, -0.2) is 39.1 Å². The molecule has 0 saturated carbocycles.